The molecule has 0 saturated heterocycles. The van der Waals surface area contributed by atoms with Crippen molar-refractivity contribution in [1.82, 2.24) is 9.61 Å². The Hall–Kier alpha value is -2.63. The van der Waals surface area contributed by atoms with E-state index in [2.05, 4.69) is 17.0 Å². The fourth-order valence-electron chi connectivity index (χ4n) is 1.88. The molecule has 2 rings (SSSR count). The van der Waals surface area contributed by atoms with Gasteiger partial charge >= 0.3 is 5.97 Å². The zero-order chi connectivity index (χ0) is 15.2. The number of nitrogens with one attached hydrogen (secondary N) is 1. The third-order valence-electron chi connectivity index (χ3n) is 2.88. The van der Waals surface area contributed by atoms with E-state index < -0.39 is 5.97 Å². The molecular weight excluding hydrogens is 270 g/mol. The highest BCUT2D eigenvalue weighted by atomic mass is 16.5. The van der Waals surface area contributed by atoms with Crippen molar-refractivity contribution in [3.8, 4) is 0 Å². The predicted octanol–water partition coefficient (Wildman–Crippen LogP) is 2.42. The first-order chi connectivity index (χ1) is 10.2. The van der Waals surface area contributed by atoms with Crippen LogP contribution in [0.4, 0.5) is 5.69 Å². The summed E-state index contributed by atoms with van der Waals surface area (Å²) in [4.78, 5) is 23.5. The summed E-state index contributed by atoms with van der Waals surface area (Å²) < 4.78 is 6.54. The highest BCUT2D eigenvalue weighted by molar-refractivity contribution is 5.98. The maximum Gasteiger partial charge on any atom is 0.341 e. The lowest BCUT2D eigenvalue weighted by molar-refractivity contribution is -0.116. The van der Waals surface area contributed by atoms with Crippen LogP contribution < -0.4 is 5.32 Å². The Bertz CT molecular complexity index is 676. The minimum Gasteiger partial charge on any atom is -0.462 e. The Morgan fingerprint density at radius 3 is 3.05 bits per heavy atom. The van der Waals surface area contributed by atoms with Crippen LogP contribution in [0.1, 0.15) is 30.1 Å². The van der Waals surface area contributed by atoms with Gasteiger partial charge in [-0.1, -0.05) is 6.08 Å². The fourth-order valence-corrected chi connectivity index (χ4v) is 1.88. The Balaban J connectivity index is 2.23. The number of esters is 1. The molecule has 0 aromatic carbocycles. The Morgan fingerprint density at radius 2 is 2.33 bits per heavy atom. The molecule has 0 spiro atoms. The van der Waals surface area contributed by atoms with Crippen LogP contribution >= 0.6 is 0 Å². The van der Waals surface area contributed by atoms with Crippen molar-refractivity contribution in [2.45, 2.75) is 19.8 Å². The molecule has 6 heteroatoms. The minimum atomic E-state index is -0.428. The number of carbonyl (C=O) groups excluding carboxylic acids is 2. The van der Waals surface area contributed by atoms with Crippen LogP contribution in [-0.4, -0.2) is 28.1 Å². The normalized spacial score (nSPS) is 10.3. The maximum atomic E-state index is 11.8. The quantitative estimate of drug-likeness (QED) is 0.654. The molecule has 0 fully saturated rings. The second-order valence-electron chi connectivity index (χ2n) is 4.40. The summed E-state index contributed by atoms with van der Waals surface area (Å²) in [5.74, 6) is -0.529. The maximum absolute atomic E-state index is 11.8. The molecular formula is C15H17N3O3. The average molecular weight is 287 g/mol. The molecule has 2 aromatic heterocycles. The van der Waals surface area contributed by atoms with Crippen LogP contribution in [-0.2, 0) is 9.53 Å². The first-order valence-corrected chi connectivity index (χ1v) is 6.71. The van der Waals surface area contributed by atoms with E-state index in [1.807, 2.05) is 0 Å². The largest absolute Gasteiger partial charge is 0.462 e. The van der Waals surface area contributed by atoms with Gasteiger partial charge in [-0.05, 0) is 25.5 Å². The van der Waals surface area contributed by atoms with E-state index >= 15 is 0 Å². The number of hydrogen-bond acceptors (Lipinski definition) is 4. The highest BCUT2D eigenvalue weighted by Gasteiger charge is 2.14. The topological polar surface area (TPSA) is 72.7 Å². The van der Waals surface area contributed by atoms with E-state index in [1.165, 1.54) is 6.20 Å². The van der Waals surface area contributed by atoms with Gasteiger partial charge in [-0.25, -0.2) is 9.31 Å². The molecule has 2 aromatic rings. The molecule has 0 bridgehead atoms. The smallest absolute Gasteiger partial charge is 0.341 e. The van der Waals surface area contributed by atoms with E-state index in [0.717, 1.165) is 0 Å². The van der Waals surface area contributed by atoms with Gasteiger partial charge in [0.15, 0.2) is 0 Å². The van der Waals surface area contributed by atoms with Gasteiger partial charge in [-0.15, -0.1) is 6.58 Å². The lowest BCUT2D eigenvalue weighted by Gasteiger charge is -2.05. The van der Waals surface area contributed by atoms with Crippen LogP contribution in [0.3, 0.4) is 0 Å². The van der Waals surface area contributed by atoms with Gasteiger partial charge in [0.05, 0.1) is 18.3 Å². The van der Waals surface area contributed by atoms with Crippen molar-refractivity contribution >= 4 is 23.1 Å². The molecule has 0 unspecified atom stereocenters. The van der Waals surface area contributed by atoms with Crippen molar-refractivity contribution in [2.75, 3.05) is 11.9 Å². The molecule has 1 N–H and O–H groups in total. The summed E-state index contributed by atoms with van der Waals surface area (Å²) in [7, 11) is 0. The SMILES string of the molecule is C=CCCC(=O)Nc1ccn2ncc(C(=O)OCC)c2c1. The Morgan fingerprint density at radius 1 is 1.52 bits per heavy atom. The van der Waals surface area contributed by atoms with Crippen LogP contribution in [0.2, 0.25) is 0 Å². The molecule has 0 atom stereocenters. The molecule has 0 aliphatic rings. The van der Waals surface area contributed by atoms with Gasteiger partial charge in [0, 0.05) is 18.3 Å². The summed E-state index contributed by atoms with van der Waals surface area (Å²) in [6.07, 6.45) is 5.82. The van der Waals surface area contributed by atoms with Crippen LogP contribution in [0.25, 0.3) is 5.52 Å². The lowest BCUT2D eigenvalue weighted by Crippen LogP contribution is -2.11. The summed E-state index contributed by atoms with van der Waals surface area (Å²) in [6.45, 7) is 5.62. The predicted molar refractivity (Wildman–Crippen MR) is 79.2 cm³/mol. The molecule has 0 aliphatic heterocycles. The van der Waals surface area contributed by atoms with E-state index in [9.17, 15) is 9.59 Å². The molecule has 0 radical (unpaired) electrons. The summed E-state index contributed by atoms with van der Waals surface area (Å²) in [5.41, 5.74) is 1.58. The van der Waals surface area contributed by atoms with E-state index in [0.29, 0.717) is 36.2 Å². The molecule has 0 aliphatic carbocycles. The van der Waals surface area contributed by atoms with Gasteiger partial charge in [0.2, 0.25) is 5.91 Å². The Kier molecular flexibility index (Phi) is 4.71. The zero-order valence-corrected chi connectivity index (χ0v) is 11.8. The minimum absolute atomic E-state index is 0.101. The summed E-state index contributed by atoms with van der Waals surface area (Å²) >= 11 is 0. The van der Waals surface area contributed by atoms with Crippen molar-refractivity contribution in [2.24, 2.45) is 0 Å². The van der Waals surface area contributed by atoms with Crippen LogP contribution in [0.5, 0.6) is 0 Å². The lowest BCUT2D eigenvalue weighted by atomic mass is 10.2. The molecule has 0 saturated carbocycles. The number of nitrogens with zero attached hydrogens (tertiary/aromatic N) is 2. The van der Waals surface area contributed by atoms with Gasteiger partial charge in [-0.3, -0.25) is 4.79 Å². The van der Waals surface area contributed by atoms with Crippen molar-refractivity contribution in [1.29, 1.82) is 0 Å². The van der Waals surface area contributed by atoms with Gasteiger partial charge in [-0.2, -0.15) is 5.10 Å². The number of amides is 1. The third kappa shape index (κ3) is 3.47. The van der Waals surface area contributed by atoms with Gasteiger partial charge in [0.25, 0.3) is 0 Å². The number of allylic oxidation sites excluding steroid dienone is 1. The molecule has 1 amide bonds. The second-order valence-corrected chi connectivity index (χ2v) is 4.40. The number of anilines is 1. The van der Waals surface area contributed by atoms with Gasteiger partial charge < -0.3 is 10.1 Å². The van der Waals surface area contributed by atoms with E-state index in [1.54, 1.807) is 35.8 Å². The third-order valence-corrected chi connectivity index (χ3v) is 2.88. The highest BCUT2D eigenvalue weighted by Crippen LogP contribution is 2.17. The van der Waals surface area contributed by atoms with Crippen LogP contribution in [0, 0.1) is 0 Å². The first-order valence-electron chi connectivity index (χ1n) is 6.71. The molecule has 110 valence electrons. The van der Waals surface area contributed by atoms with Crippen molar-refractivity contribution in [3.05, 3.63) is 42.7 Å². The van der Waals surface area contributed by atoms with Crippen molar-refractivity contribution < 1.29 is 14.3 Å². The summed E-state index contributed by atoms with van der Waals surface area (Å²) in [6, 6.07) is 3.42. The van der Waals surface area contributed by atoms with E-state index in [4.69, 9.17) is 4.74 Å². The second kappa shape index (κ2) is 6.69. The first kappa shape index (κ1) is 14.8. The average Bonchev–Trinajstić information content (AvgIpc) is 2.88. The van der Waals surface area contributed by atoms with Crippen molar-refractivity contribution in [3.63, 3.8) is 0 Å². The monoisotopic (exact) mass is 287 g/mol. The number of fused-ring (bicyclic) bond motifs is 1. The standard InChI is InChI=1S/C15H17N3O3/c1-3-5-6-14(19)17-11-7-8-18-13(9-11)12(10-16-18)15(20)21-4-2/h3,7-10H,1,4-6H2,2H3,(H,17,19). The number of pyridine rings is 1. The van der Waals surface area contributed by atoms with E-state index in [-0.39, 0.29) is 5.91 Å². The Labute approximate surface area is 122 Å². The van der Waals surface area contributed by atoms with Crippen LogP contribution in [0.15, 0.2) is 37.2 Å². The zero-order valence-electron chi connectivity index (χ0n) is 11.8. The number of aromatic nitrogens is 2. The van der Waals surface area contributed by atoms with Gasteiger partial charge in [0.1, 0.15) is 5.56 Å². The number of rotatable bonds is 6. The molecule has 6 nitrogen and oxygen atoms in total. The fraction of sp³-hybridized carbons (Fsp3) is 0.267. The summed E-state index contributed by atoms with van der Waals surface area (Å²) in [5, 5.41) is 6.86. The number of ether oxygens (including phenoxy) is 1. The molecule has 21 heavy (non-hydrogen) atoms. The number of carbonyl (C=O) groups is 2. The number of hydrogen-bond donors (Lipinski definition) is 1. The molecule has 2 heterocycles.